The molecule has 0 fully saturated rings. The lowest BCUT2D eigenvalue weighted by Gasteiger charge is -2.21. The Morgan fingerprint density at radius 3 is 1.63 bits per heavy atom. The number of ether oxygens (including phenoxy) is 3. The molecule has 10 nitrogen and oxygen atoms in total. The lowest BCUT2D eigenvalue weighted by atomic mass is 10.0. The Hall–Kier alpha value is -3.95. The van der Waals surface area contributed by atoms with Crippen molar-refractivity contribution >= 4 is 24.3 Å². The summed E-state index contributed by atoms with van der Waals surface area (Å²) in [7, 11) is 0. The molecule has 0 saturated carbocycles. The van der Waals surface area contributed by atoms with Crippen molar-refractivity contribution in [1.29, 1.82) is 0 Å². The third-order valence-electron chi connectivity index (χ3n) is 6.72. The van der Waals surface area contributed by atoms with Crippen LogP contribution in [0.25, 0.3) is 6.08 Å². The normalized spacial score (nSPS) is 12.0. The number of aromatic nitrogens is 2. The highest BCUT2D eigenvalue weighted by Gasteiger charge is 2.25. The molecular weight excluding hydrogens is 588 g/mol. The molecular formula is C36H56N2O8. The molecule has 0 aromatic carbocycles. The molecule has 0 aliphatic rings. The van der Waals surface area contributed by atoms with Crippen molar-refractivity contribution in [3.63, 3.8) is 0 Å². The lowest BCUT2D eigenvalue weighted by molar-refractivity contribution is -0.148. The molecule has 0 radical (unpaired) electrons. The summed E-state index contributed by atoms with van der Waals surface area (Å²) in [6, 6.07) is 1.74. The molecule has 0 N–H and O–H groups in total. The smallest absolute Gasteiger partial charge is 0.329 e. The quantitative estimate of drug-likeness (QED) is 0.124. The van der Waals surface area contributed by atoms with Crippen molar-refractivity contribution in [2.45, 2.75) is 108 Å². The summed E-state index contributed by atoms with van der Waals surface area (Å²) in [5.41, 5.74) is 2.75. The van der Waals surface area contributed by atoms with Gasteiger partial charge in [0.1, 0.15) is 18.4 Å². The van der Waals surface area contributed by atoms with E-state index in [1.807, 2.05) is 55.4 Å². The molecule has 0 bridgehead atoms. The van der Waals surface area contributed by atoms with Crippen molar-refractivity contribution in [2.24, 2.45) is 11.8 Å². The number of carbonyl (C=O) groups excluding carboxylic acids is 3. The first-order valence-electron chi connectivity index (χ1n) is 16.3. The number of hydrogen-bond donors (Lipinski definition) is 0. The van der Waals surface area contributed by atoms with Crippen LogP contribution in [0.1, 0.15) is 109 Å². The van der Waals surface area contributed by atoms with Crippen LogP contribution in [0.4, 0.5) is 0 Å². The van der Waals surface area contributed by atoms with Crippen LogP contribution >= 0.6 is 0 Å². The largest absolute Gasteiger partial charge is 0.501 e. The van der Waals surface area contributed by atoms with Crippen LogP contribution in [0.5, 0.6) is 0 Å². The van der Waals surface area contributed by atoms with E-state index in [-0.39, 0.29) is 42.0 Å². The second kappa shape index (κ2) is 22.5. The first-order chi connectivity index (χ1) is 21.8. The molecule has 2 aromatic heterocycles. The minimum absolute atomic E-state index is 0.199. The summed E-state index contributed by atoms with van der Waals surface area (Å²) in [6.07, 6.45) is 8.79. The van der Waals surface area contributed by atoms with Gasteiger partial charge in [0.2, 0.25) is 0 Å². The van der Waals surface area contributed by atoms with Crippen LogP contribution in [0, 0.1) is 25.7 Å². The zero-order valence-corrected chi connectivity index (χ0v) is 29.8. The second-order valence-corrected chi connectivity index (χ2v) is 11.3. The third-order valence-corrected chi connectivity index (χ3v) is 6.72. The van der Waals surface area contributed by atoms with Gasteiger partial charge >= 0.3 is 11.9 Å². The molecule has 0 aliphatic heterocycles. The molecule has 2 heterocycles. The van der Waals surface area contributed by atoms with Gasteiger partial charge in [0.05, 0.1) is 26.1 Å². The molecule has 2 atom stereocenters. The molecule has 0 spiro atoms. The fourth-order valence-corrected chi connectivity index (χ4v) is 4.54. The van der Waals surface area contributed by atoms with E-state index in [4.69, 9.17) is 14.2 Å². The van der Waals surface area contributed by atoms with Gasteiger partial charge in [-0.2, -0.15) is 0 Å². The fraction of sp³-hybridized carbons (Fsp3) is 0.583. The van der Waals surface area contributed by atoms with Gasteiger partial charge in [0.25, 0.3) is 11.1 Å². The Kier molecular flexibility index (Phi) is 20.6. The number of hydrogen-bond acceptors (Lipinski definition) is 8. The topological polar surface area (TPSA) is 123 Å². The van der Waals surface area contributed by atoms with Gasteiger partial charge < -0.3 is 28.1 Å². The van der Waals surface area contributed by atoms with E-state index < -0.39 is 18.1 Å². The van der Waals surface area contributed by atoms with Gasteiger partial charge in [-0.05, 0) is 87.6 Å². The molecule has 2 rings (SSSR count). The summed E-state index contributed by atoms with van der Waals surface area (Å²) in [6.45, 7) is 22.2. The third kappa shape index (κ3) is 14.0. The van der Waals surface area contributed by atoms with E-state index in [0.29, 0.717) is 26.1 Å². The standard InChI is InChI=1S/C18H27NO4.C16H23NO4.C2H6/c1-6-22-9-8-15-12-19(17(20)11-14(15)5)16(10-13(3)4)18(21)23-7-2;1-5-21-16(20)14(8-11(2)3)17-10-13(6-7-18)12(4)9-15(17)19;1-2/h8-9,11-13,16H,6-7,10H2,1-5H3;7,9-11,14H,5-6,8H2,1-4H3;1-2H3/b9-8+;;. The summed E-state index contributed by atoms with van der Waals surface area (Å²) >= 11 is 0. The summed E-state index contributed by atoms with van der Waals surface area (Å²) < 4.78 is 18.3. The molecule has 0 aliphatic carbocycles. The van der Waals surface area contributed by atoms with Gasteiger partial charge in [0.15, 0.2) is 0 Å². The van der Waals surface area contributed by atoms with Gasteiger partial charge in [-0.15, -0.1) is 0 Å². The Balaban J connectivity index is 0.000000838. The fourth-order valence-electron chi connectivity index (χ4n) is 4.54. The zero-order chi connectivity index (χ0) is 35.4. The van der Waals surface area contributed by atoms with Crippen molar-refractivity contribution in [2.75, 3.05) is 19.8 Å². The first-order valence-corrected chi connectivity index (χ1v) is 16.3. The highest BCUT2D eigenvalue weighted by Crippen LogP contribution is 2.21. The molecule has 46 heavy (non-hydrogen) atoms. The van der Waals surface area contributed by atoms with Crippen molar-refractivity contribution in [3.05, 3.63) is 73.7 Å². The van der Waals surface area contributed by atoms with Gasteiger partial charge in [0, 0.05) is 30.9 Å². The molecule has 0 saturated heterocycles. The van der Waals surface area contributed by atoms with E-state index in [1.54, 1.807) is 45.5 Å². The van der Waals surface area contributed by atoms with E-state index in [0.717, 1.165) is 28.5 Å². The highest BCUT2D eigenvalue weighted by molar-refractivity contribution is 5.75. The molecule has 2 aromatic rings. The molecule has 0 amide bonds. The number of nitrogens with zero attached hydrogens (tertiary/aromatic N) is 2. The maximum Gasteiger partial charge on any atom is 0.329 e. The predicted octanol–water partition coefficient (Wildman–Crippen LogP) is 6.39. The number of aryl methyl sites for hydroxylation is 2. The van der Waals surface area contributed by atoms with Gasteiger partial charge in [-0.25, -0.2) is 9.59 Å². The van der Waals surface area contributed by atoms with E-state index in [9.17, 15) is 24.0 Å². The monoisotopic (exact) mass is 644 g/mol. The van der Waals surface area contributed by atoms with Crippen LogP contribution in [0.15, 0.2) is 40.4 Å². The van der Waals surface area contributed by atoms with Crippen LogP contribution in [0.2, 0.25) is 0 Å². The van der Waals surface area contributed by atoms with Crippen molar-refractivity contribution in [1.82, 2.24) is 9.13 Å². The van der Waals surface area contributed by atoms with E-state index in [1.165, 1.54) is 21.3 Å². The first kappa shape index (κ1) is 42.0. The van der Waals surface area contributed by atoms with E-state index >= 15 is 0 Å². The summed E-state index contributed by atoms with van der Waals surface area (Å²) in [5, 5.41) is 0. The minimum Gasteiger partial charge on any atom is -0.501 e. The van der Waals surface area contributed by atoms with Crippen molar-refractivity contribution in [3.8, 4) is 0 Å². The van der Waals surface area contributed by atoms with Crippen LogP contribution < -0.4 is 11.1 Å². The maximum absolute atomic E-state index is 12.4. The predicted molar refractivity (Wildman–Crippen MR) is 183 cm³/mol. The number of carbonyl (C=O) groups is 3. The summed E-state index contributed by atoms with van der Waals surface area (Å²) in [5.74, 6) is -0.275. The second-order valence-electron chi connectivity index (χ2n) is 11.3. The molecule has 2 unspecified atom stereocenters. The summed E-state index contributed by atoms with van der Waals surface area (Å²) in [4.78, 5) is 59.7. The Morgan fingerprint density at radius 2 is 1.22 bits per heavy atom. The number of pyridine rings is 2. The minimum atomic E-state index is -0.650. The van der Waals surface area contributed by atoms with Crippen molar-refractivity contribution < 1.29 is 28.6 Å². The SMILES string of the molecule is CC.CCO/C=C/c1cn(C(CC(C)C)C(=O)OCC)c(=O)cc1C.CCOC(=O)C(CC(C)C)n1cc(CC=O)c(C)cc1=O. The molecule has 258 valence electrons. The zero-order valence-electron chi connectivity index (χ0n) is 29.8. The average Bonchev–Trinajstić information content (AvgIpc) is 2.99. The molecule has 10 heteroatoms. The van der Waals surface area contributed by atoms with Crippen LogP contribution in [-0.2, 0) is 35.0 Å². The van der Waals surface area contributed by atoms with Gasteiger partial charge in [-0.1, -0.05) is 41.5 Å². The highest BCUT2D eigenvalue weighted by atomic mass is 16.5. The maximum atomic E-state index is 12.4. The number of aldehydes is 1. The van der Waals surface area contributed by atoms with Gasteiger partial charge in [-0.3, -0.25) is 9.59 Å². The number of rotatable bonds is 15. The Bertz CT molecular complexity index is 1370. The Labute approximate surface area is 274 Å². The average molecular weight is 645 g/mol. The Morgan fingerprint density at radius 1 is 0.761 bits per heavy atom. The number of esters is 2. The lowest BCUT2D eigenvalue weighted by Crippen LogP contribution is -2.32. The van der Waals surface area contributed by atoms with Crippen LogP contribution in [-0.4, -0.2) is 47.2 Å². The van der Waals surface area contributed by atoms with E-state index in [2.05, 4.69) is 0 Å². The van der Waals surface area contributed by atoms with Crippen LogP contribution in [0.3, 0.4) is 0 Å².